The number of rotatable bonds is 13. The Labute approximate surface area is 253 Å². The molecule has 42 heavy (non-hydrogen) atoms. The van der Waals surface area contributed by atoms with Crippen molar-refractivity contribution in [3.63, 3.8) is 0 Å². The first-order chi connectivity index (χ1) is 19.6. The van der Waals surface area contributed by atoms with E-state index in [2.05, 4.69) is 24.5 Å². The normalized spacial score (nSPS) is 13.8. The molecule has 0 aliphatic heterocycles. The minimum absolute atomic E-state index is 0.119. The average molecular weight is 580 g/mol. The van der Waals surface area contributed by atoms with Crippen LogP contribution in [0.2, 0.25) is 0 Å². The van der Waals surface area contributed by atoms with Crippen molar-refractivity contribution in [2.75, 3.05) is 0 Å². The number of ether oxygens (including phenoxy) is 1. The quantitative estimate of drug-likeness (QED) is 0.262. The zero-order valence-corrected chi connectivity index (χ0v) is 27.4. The molecule has 3 atom stereocenters. The summed E-state index contributed by atoms with van der Waals surface area (Å²) in [5.74, 6) is 0.0113. The van der Waals surface area contributed by atoms with Crippen molar-refractivity contribution in [3.8, 4) is 0 Å². The van der Waals surface area contributed by atoms with Crippen LogP contribution in [0, 0.1) is 25.7 Å². The maximum absolute atomic E-state index is 14.6. The van der Waals surface area contributed by atoms with Crippen LogP contribution in [0.4, 0.5) is 4.79 Å². The van der Waals surface area contributed by atoms with Crippen LogP contribution in [-0.2, 0) is 20.9 Å². The topological polar surface area (TPSA) is 87.7 Å². The Morgan fingerprint density at radius 1 is 0.881 bits per heavy atom. The summed E-state index contributed by atoms with van der Waals surface area (Å²) < 4.78 is 5.53. The molecule has 2 aromatic rings. The summed E-state index contributed by atoms with van der Waals surface area (Å²) in [7, 11) is 0. The van der Waals surface area contributed by atoms with Crippen LogP contribution in [0.3, 0.4) is 0 Å². The van der Waals surface area contributed by atoms with Crippen LogP contribution in [0.5, 0.6) is 0 Å². The molecule has 0 fully saturated rings. The third-order valence-corrected chi connectivity index (χ3v) is 7.14. The van der Waals surface area contributed by atoms with Crippen LogP contribution in [0.1, 0.15) is 103 Å². The molecule has 3 amide bonds. The van der Waals surface area contributed by atoms with Crippen molar-refractivity contribution in [2.24, 2.45) is 11.8 Å². The maximum atomic E-state index is 14.6. The SMILES string of the molecule is Cc1ccc(C(C(=O)NCc2ccccc2)N(C(=O)C(CC(C)C)NC(=O)OC(C)(C)C)C(C)CCC(C)C)c(C)c1. The van der Waals surface area contributed by atoms with E-state index < -0.39 is 23.8 Å². The van der Waals surface area contributed by atoms with Crippen molar-refractivity contribution in [1.82, 2.24) is 15.5 Å². The van der Waals surface area contributed by atoms with Gasteiger partial charge in [-0.2, -0.15) is 0 Å². The zero-order valence-electron chi connectivity index (χ0n) is 27.4. The molecule has 0 aliphatic rings. The van der Waals surface area contributed by atoms with E-state index in [0.29, 0.717) is 18.9 Å². The second-order valence-corrected chi connectivity index (χ2v) is 13.4. The zero-order chi connectivity index (χ0) is 31.6. The molecule has 2 rings (SSSR count). The van der Waals surface area contributed by atoms with Crippen LogP contribution < -0.4 is 10.6 Å². The van der Waals surface area contributed by atoms with E-state index in [4.69, 9.17) is 4.74 Å². The Kier molecular flexibility index (Phi) is 13.1. The van der Waals surface area contributed by atoms with Gasteiger partial charge >= 0.3 is 6.09 Å². The van der Waals surface area contributed by atoms with E-state index in [-0.39, 0.29) is 23.8 Å². The predicted octanol–water partition coefficient (Wildman–Crippen LogP) is 7.25. The highest BCUT2D eigenvalue weighted by Crippen LogP contribution is 2.31. The van der Waals surface area contributed by atoms with Gasteiger partial charge in [0.2, 0.25) is 11.8 Å². The molecule has 0 spiro atoms. The molecule has 232 valence electrons. The van der Waals surface area contributed by atoms with Gasteiger partial charge in [0.05, 0.1) is 0 Å². The van der Waals surface area contributed by atoms with Gasteiger partial charge in [-0.15, -0.1) is 0 Å². The minimum atomic E-state index is -0.876. The van der Waals surface area contributed by atoms with E-state index in [1.54, 1.807) is 25.7 Å². The number of carbonyl (C=O) groups is 3. The highest BCUT2D eigenvalue weighted by atomic mass is 16.6. The van der Waals surface area contributed by atoms with Gasteiger partial charge in [0.15, 0.2) is 0 Å². The molecule has 7 nitrogen and oxygen atoms in total. The molecular weight excluding hydrogens is 526 g/mol. The molecule has 0 saturated heterocycles. The van der Waals surface area contributed by atoms with E-state index in [1.807, 2.05) is 83.1 Å². The third kappa shape index (κ3) is 11.1. The fraction of sp³-hybridized carbons (Fsp3) is 0.571. The van der Waals surface area contributed by atoms with E-state index in [1.165, 1.54) is 0 Å². The van der Waals surface area contributed by atoms with Crippen LogP contribution in [0.25, 0.3) is 0 Å². The first-order valence-electron chi connectivity index (χ1n) is 15.3. The Morgan fingerprint density at radius 3 is 2.07 bits per heavy atom. The molecule has 2 N–H and O–H groups in total. The molecule has 0 bridgehead atoms. The van der Waals surface area contributed by atoms with Gasteiger partial charge in [0.1, 0.15) is 17.7 Å². The van der Waals surface area contributed by atoms with Gasteiger partial charge in [-0.1, -0.05) is 81.8 Å². The molecule has 0 saturated carbocycles. The first kappa shape index (κ1) is 34.8. The predicted molar refractivity (Wildman–Crippen MR) is 170 cm³/mol. The minimum Gasteiger partial charge on any atom is -0.444 e. The Morgan fingerprint density at radius 2 is 1.52 bits per heavy atom. The average Bonchev–Trinajstić information content (AvgIpc) is 2.88. The Balaban J connectivity index is 2.61. The lowest BCUT2D eigenvalue weighted by molar-refractivity contribution is -0.145. The summed E-state index contributed by atoms with van der Waals surface area (Å²) in [6.07, 6.45) is 1.38. The fourth-order valence-electron chi connectivity index (χ4n) is 5.07. The summed E-state index contributed by atoms with van der Waals surface area (Å²) in [4.78, 5) is 43.4. The van der Waals surface area contributed by atoms with E-state index >= 15 is 0 Å². The molecule has 0 aliphatic carbocycles. The highest BCUT2D eigenvalue weighted by Gasteiger charge is 2.39. The second-order valence-electron chi connectivity index (χ2n) is 13.4. The van der Waals surface area contributed by atoms with Crippen molar-refractivity contribution in [3.05, 3.63) is 70.8 Å². The number of carbonyl (C=O) groups excluding carboxylic acids is 3. The van der Waals surface area contributed by atoms with Crippen LogP contribution in [0.15, 0.2) is 48.5 Å². The Bertz CT molecular complexity index is 1170. The fourth-order valence-corrected chi connectivity index (χ4v) is 5.07. The van der Waals surface area contributed by atoms with Gasteiger partial charge < -0.3 is 20.3 Å². The number of hydrogen-bond acceptors (Lipinski definition) is 4. The molecule has 0 radical (unpaired) electrons. The largest absolute Gasteiger partial charge is 0.444 e. The van der Waals surface area contributed by atoms with Gasteiger partial charge in [-0.25, -0.2) is 4.79 Å². The van der Waals surface area contributed by atoms with Crippen molar-refractivity contribution >= 4 is 17.9 Å². The standard InChI is InChI=1S/C35H53N3O4/c1-23(2)16-18-27(7)38(33(40)30(20-24(3)4)37-34(41)42-35(8,9)10)31(29-19-17-25(5)21-26(29)6)32(39)36-22-28-14-12-11-13-15-28/h11-15,17,19,21,23-24,27,30-31H,16,18,20,22H2,1-10H3,(H,36,39)(H,37,41). The maximum Gasteiger partial charge on any atom is 0.408 e. The van der Waals surface area contributed by atoms with E-state index in [0.717, 1.165) is 35.1 Å². The lowest BCUT2D eigenvalue weighted by Gasteiger charge is -2.39. The van der Waals surface area contributed by atoms with Gasteiger partial charge in [-0.05, 0) is 89.3 Å². The molecule has 0 aromatic heterocycles. The highest BCUT2D eigenvalue weighted by molar-refractivity contribution is 5.92. The summed E-state index contributed by atoms with van der Waals surface area (Å²) in [5, 5.41) is 5.95. The lowest BCUT2D eigenvalue weighted by Crippen LogP contribution is -2.56. The van der Waals surface area contributed by atoms with Crippen LogP contribution in [-0.4, -0.2) is 40.5 Å². The van der Waals surface area contributed by atoms with E-state index in [9.17, 15) is 14.4 Å². The molecule has 3 unspecified atom stereocenters. The van der Waals surface area contributed by atoms with Crippen molar-refractivity contribution in [2.45, 2.75) is 119 Å². The molecule has 7 heteroatoms. The lowest BCUT2D eigenvalue weighted by atomic mass is 9.92. The first-order valence-corrected chi connectivity index (χ1v) is 15.3. The van der Waals surface area contributed by atoms with Crippen LogP contribution >= 0.6 is 0 Å². The number of nitrogens with zero attached hydrogens (tertiary/aromatic N) is 1. The third-order valence-electron chi connectivity index (χ3n) is 7.14. The molecular formula is C35H53N3O4. The smallest absolute Gasteiger partial charge is 0.408 e. The second kappa shape index (κ2) is 15.8. The summed E-state index contributed by atoms with van der Waals surface area (Å²) >= 11 is 0. The van der Waals surface area contributed by atoms with Gasteiger partial charge in [-0.3, -0.25) is 9.59 Å². The van der Waals surface area contributed by atoms with Crippen molar-refractivity contribution < 1.29 is 19.1 Å². The summed E-state index contributed by atoms with van der Waals surface area (Å²) in [5.41, 5.74) is 3.05. The number of aryl methyl sites for hydroxylation is 2. The molecule has 2 aromatic carbocycles. The van der Waals surface area contributed by atoms with Gasteiger partial charge in [0, 0.05) is 12.6 Å². The summed E-state index contributed by atoms with van der Waals surface area (Å²) in [6, 6.07) is 13.7. The number of nitrogens with one attached hydrogen (secondary N) is 2. The number of benzene rings is 2. The number of hydrogen-bond donors (Lipinski definition) is 2. The van der Waals surface area contributed by atoms with Crippen molar-refractivity contribution in [1.29, 1.82) is 0 Å². The molecule has 0 heterocycles. The van der Waals surface area contributed by atoms with Gasteiger partial charge in [0.25, 0.3) is 0 Å². The number of alkyl carbamates (subject to hydrolysis) is 1. The summed E-state index contributed by atoms with van der Waals surface area (Å²) in [6.45, 7) is 20.0. The monoisotopic (exact) mass is 579 g/mol. The number of amides is 3. The Hall–Kier alpha value is -3.35.